The van der Waals surface area contributed by atoms with Crippen molar-refractivity contribution in [3.63, 3.8) is 0 Å². The van der Waals surface area contributed by atoms with Crippen LogP contribution in [0.5, 0.6) is 0 Å². The molecule has 8 aromatic heterocycles. The number of nitrogens with two attached hydrogens (primary N) is 6. The first-order valence-corrected chi connectivity index (χ1v) is 46.2. The molecule has 56 heteroatoms. The first-order valence-electron chi connectivity index (χ1n) is 46.2. The van der Waals surface area contributed by atoms with Gasteiger partial charge >= 0.3 is 0 Å². The minimum absolute atomic E-state index is 0.00891. The van der Waals surface area contributed by atoms with Crippen LogP contribution in [0.3, 0.4) is 0 Å². The SMILES string of the molecule is Cn1cc(NC(=O)c2cc(NC(=O)c3cc(NC(=O)c4nccn4C)cn3C)cn2C)cc1C(=O)NCCCC(=O)Nc1cc(C(=O)Nc2cc(C(=O)Nc3cc(C(=O)Nc4cc(C(=O)NCCC(=O)NC(CCCNC(=N)N)C(=O)N5CCCC5C(=O)NC(CCCNC(=N)N)C(=O)NC(CCCNC(=N)N)C(=O)NC(CCCNC(=N)N)C(=O)NC(CCCNC(=N)N)C(N)=O)n(C)c4)n(C)c3)n(C)c2)n(C)c1. The number of nitrogens with zero attached hydrogens (tertiary/aromatic N) is 10. The average Bonchev–Trinajstić information content (AvgIpc) is 1.67. The van der Waals surface area contributed by atoms with Crippen molar-refractivity contribution in [2.75, 3.05) is 89.6 Å². The summed E-state index contributed by atoms with van der Waals surface area (Å²) in [5, 5.41) is 89.1. The van der Waals surface area contributed by atoms with Gasteiger partial charge in [0.1, 0.15) is 76.1 Å². The smallest absolute Gasteiger partial charge is 0.291 e. The van der Waals surface area contributed by atoms with E-state index in [2.05, 4.69) is 106 Å². The van der Waals surface area contributed by atoms with Crippen molar-refractivity contribution < 1.29 is 76.7 Å². The molecule has 6 atom stereocenters. The molecule has 16 amide bonds. The second-order valence-corrected chi connectivity index (χ2v) is 34.4. The number of hydrogen-bond donors (Lipinski definition) is 30. The summed E-state index contributed by atoms with van der Waals surface area (Å²) in [7, 11) is 12.8. The molecule has 9 heterocycles. The number of imidazole rings is 1. The molecular formula is C89H128N40O16. The Balaban J connectivity index is 0.728. The van der Waals surface area contributed by atoms with E-state index in [0.717, 1.165) is 0 Å². The lowest BCUT2D eigenvalue weighted by molar-refractivity contribution is -0.142. The predicted molar refractivity (Wildman–Crippen MR) is 535 cm³/mol. The van der Waals surface area contributed by atoms with E-state index in [9.17, 15) is 76.7 Å². The van der Waals surface area contributed by atoms with E-state index in [1.54, 1.807) is 85.7 Å². The minimum Gasteiger partial charge on any atom is -0.370 e. The molecule has 0 spiro atoms. The fourth-order valence-electron chi connectivity index (χ4n) is 15.8. The van der Waals surface area contributed by atoms with Crippen LogP contribution in [-0.4, -0.2) is 259 Å². The van der Waals surface area contributed by atoms with Crippen LogP contribution in [0.1, 0.15) is 180 Å². The van der Waals surface area contributed by atoms with Gasteiger partial charge in [-0.25, -0.2) is 4.98 Å². The fourth-order valence-corrected chi connectivity index (χ4v) is 15.8. The number of primary amides is 1. The van der Waals surface area contributed by atoms with Gasteiger partial charge in [-0.1, -0.05) is 0 Å². The van der Waals surface area contributed by atoms with Crippen LogP contribution in [0.4, 0.5) is 39.8 Å². The van der Waals surface area contributed by atoms with Gasteiger partial charge in [-0.05, 0) is 126 Å². The zero-order chi connectivity index (χ0) is 106. The van der Waals surface area contributed by atoms with Crippen molar-refractivity contribution in [3.8, 4) is 0 Å². The molecule has 9 rings (SSSR count). The first-order chi connectivity index (χ1) is 68.8. The lowest BCUT2D eigenvalue weighted by Gasteiger charge is -2.30. The largest absolute Gasteiger partial charge is 0.370 e. The number of amides is 16. The number of carbonyl (C=O) groups is 16. The molecule has 8 aromatic rings. The first kappa shape index (κ1) is 111. The number of hydrogen-bond acceptors (Lipinski definition) is 22. The molecule has 1 fully saturated rings. The summed E-state index contributed by atoms with van der Waals surface area (Å²) in [5.41, 5.74) is 36.1. The number of aryl methyl sites for hydroxylation is 8. The van der Waals surface area contributed by atoms with Gasteiger partial charge in [-0.15, -0.1) is 0 Å². The van der Waals surface area contributed by atoms with Crippen LogP contribution in [0.25, 0.3) is 0 Å². The molecule has 36 N–H and O–H groups in total. The Labute approximate surface area is 831 Å². The third-order valence-electron chi connectivity index (χ3n) is 23.0. The van der Waals surface area contributed by atoms with E-state index in [1.807, 2.05) is 0 Å². The van der Waals surface area contributed by atoms with E-state index in [4.69, 9.17) is 61.4 Å². The molecule has 0 aliphatic carbocycles. The number of nitrogens with one attached hydrogen (secondary N) is 24. The third-order valence-corrected chi connectivity index (χ3v) is 23.0. The Hall–Kier alpha value is -18.0. The topological polar surface area (TPSA) is 833 Å². The molecule has 56 nitrogen and oxygen atoms in total. The number of anilines is 7. The summed E-state index contributed by atoms with van der Waals surface area (Å²) in [5.74, 6) is -12.2. The number of carbonyl (C=O) groups excluding carboxylic acids is 16. The summed E-state index contributed by atoms with van der Waals surface area (Å²) < 4.78 is 12.0. The van der Waals surface area contributed by atoms with Gasteiger partial charge in [0.25, 0.3) is 47.3 Å². The second kappa shape index (κ2) is 52.3. The molecule has 0 saturated carbocycles. The van der Waals surface area contributed by atoms with E-state index in [1.165, 1.54) is 110 Å². The summed E-state index contributed by atoms with van der Waals surface area (Å²) in [6.45, 7) is 0.294. The van der Waals surface area contributed by atoms with Crippen LogP contribution in [0.15, 0.2) is 98.2 Å². The van der Waals surface area contributed by atoms with Gasteiger partial charge < -0.3 is 177 Å². The van der Waals surface area contributed by atoms with Crippen molar-refractivity contribution in [1.29, 1.82) is 27.0 Å². The number of aromatic nitrogens is 9. The Morgan fingerprint density at radius 3 is 0.938 bits per heavy atom. The highest BCUT2D eigenvalue weighted by molar-refractivity contribution is 6.11. The normalized spacial score (nSPS) is 13.0. The van der Waals surface area contributed by atoms with Crippen LogP contribution < -0.4 is 135 Å². The summed E-state index contributed by atoms with van der Waals surface area (Å²) in [6.07, 6.45) is 14.4. The zero-order valence-corrected chi connectivity index (χ0v) is 81.4. The lowest BCUT2D eigenvalue weighted by Crippen LogP contribution is -2.59. The number of likely N-dealkylation sites (tertiary alicyclic amines) is 1. The molecule has 1 aliphatic rings. The zero-order valence-electron chi connectivity index (χ0n) is 81.4. The summed E-state index contributed by atoms with van der Waals surface area (Å²) in [4.78, 5) is 225. The highest BCUT2D eigenvalue weighted by Gasteiger charge is 2.40. The van der Waals surface area contributed by atoms with Crippen molar-refractivity contribution >= 4 is 164 Å². The van der Waals surface area contributed by atoms with Gasteiger partial charge in [0.05, 0.1) is 39.8 Å². The maximum atomic E-state index is 14.8. The third kappa shape index (κ3) is 33.1. The lowest BCUT2D eigenvalue weighted by atomic mass is 10.0. The van der Waals surface area contributed by atoms with Gasteiger partial charge in [0, 0.05) is 177 Å². The molecule has 1 aliphatic heterocycles. The van der Waals surface area contributed by atoms with Gasteiger partial charge in [0.15, 0.2) is 35.6 Å². The van der Waals surface area contributed by atoms with Gasteiger partial charge in [-0.2, -0.15) is 0 Å². The van der Waals surface area contributed by atoms with Crippen molar-refractivity contribution in [3.05, 3.63) is 144 Å². The Morgan fingerprint density at radius 2 is 0.614 bits per heavy atom. The molecule has 780 valence electrons. The molecular weight excluding hydrogens is 1890 g/mol. The maximum absolute atomic E-state index is 14.8. The quantitative estimate of drug-likeness (QED) is 0.0101. The summed E-state index contributed by atoms with van der Waals surface area (Å²) >= 11 is 0. The predicted octanol–water partition coefficient (Wildman–Crippen LogP) is -3.21. The Morgan fingerprint density at radius 1 is 0.324 bits per heavy atom. The molecule has 1 saturated heterocycles. The second-order valence-electron chi connectivity index (χ2n) is 34.4. The minimum atomic E-state index is -1.45. The standard InChI is InChI=1S/C89H128N40O16/c1-121-33-31-101-71(121)83(144)115-54-40-67(128(8)47-54)82(143)114-53-39-64(126(6)46-53)79(140)110-49-35-61(122(2)42-49)75(136)102-24-14-22-68(130)109-48-34-63(124(4)41-48)78(139)112-51-37-66(127(7)44-51)81(142)113-52-38-65(125(5)45-52)80(141)111-50-36-62(123(3)43-50)76(137)103-30-23-69(131)116-59(20-13-29-108-89(99)100)84(145)129-32-15-21-60(129)77(138)120-58(19-12-28-107-88(97)98)74(135)119-57(18-11-27-106-87(95)96)73(134)118-56(17-10-26-105-86(93)94)72(133)117-55(70(90)132)16-9-25-104-85(91)92/h31,33-47,55-60H,9-30,32H2,1-8H3,(H2,90,132)(H,102,136)(H,103,137)(H,109,130)(H,110,140)(H,111,141)(H,112,139)(H,113,142)(H,114,143)(H,115,144)(H,116,131)(H,117,133)(H,118,134)(H,119,135)(H,120,138)(H4,91,92,104)(H4,93,94,105)(H4,95,96,106)(H4,97,98,107)(H4,99,100,108). The maximum Gasteiger partial charge on any atom is 0.291 e. The average molecular weight is 2010 g/mol. The molecule has 0 bridgehead atoms. The van der Waals surface area contributed by atoms with Gasteiger partial charge in [-0.3, -0.25) is 104 Å². The molecule has 6 unspecified atom stereocenters. The molecule has 0 aromatic carbocycles. The van der Waals surface area contributed by atoms with Crippen molar-refractivity contribution in [2.45, 2.75) is 133 Å². The highest BCUT2D eigenvalue weighted by atomic mass is 16.2. The number of rotatable bonds is 53. The van der Waals surface area contributed by atoms with E-state index < -0.39 is 143 Å². The molecule has 0 radical (unpaired) electrons. The van der Waals surface area contributed by atoms with E-state index >= 15 is 0 Å². The van der Waals surface area contributed by atoms with Crippen molar-refractivity contribution in [2.24, 2.45) is 90.8 Å². The van der Waals surface area contributed by atoms with Gasteiger partial charge in [0.2, 0.25) is 47.3 Å². The molecule has 145 heavy (non-hydrogen) atoms. The van der Waals surface area contributed by atoms with E-state index in [-0.39, 0.29) is 223 Å². The van der Waals surface area contributed by atoms with Crippen LogP contribution >= 0.6 is 0 Å². The summed E-state index contributed by atoms with van der Waals surface area (Å²) in [6, 6.07) is 2.15. The Bertz CT molecular complexity index is 6150. The monoisotopic (exact) mass is 2010 g/mol. The fraction of sp³-hybridized carbons (Fsp3) is 0.416. The van der Waals surface area contributed by atoms with Crippen LogP contribution in [0, 0.1) is 27.0 Å². The van der Waals surface area contributed by atoms with E-state index in [0.29, 0.717) is 29.2 Å². The number of guanidine groups is 5. The van der Waals surface area contributed by atoms with Crippen molar-refractivity contribution in [1.82, 2.24) is 110 Å². The highest BCUT2D eigenvalue weighted by Crippen LogP contribution is 2.27. The Kier molecular flexibility index (Phi) is 39.9. The van der Waals surface area contributed by atoms with Crippen LogP contribution in [-0.2, 0) is 94.7 Å². The van der Waals surface area contributed by atoms with Crippen LogP contribution in [0.2, 0.25) is 0 Å².